The van der Waals surface area contributed by atoms with E-state index in [1.165, 1.54) is 17.4 Å². The number of rotatable bonds is 6. The quantitative estimate of drug-likeness (QED) is 0.419. The summed E-state index contributed by atoms with van der Waals surface area (Å²) < 4.78 is 28.5. The van der Waals surface area contributed by atoms with Gasteiger partial charge in [0.25, 0.3) is 11.8 Å². The summed E-state index contributed by atoms with van der Waals surface area (Å²) in [5.41, 5.74) is 1.82. The number of aryl methyl sites for hydroxylation is 1. The van der Waals surface area contributed by atoms with Crippen LogP contribution in [0, 0.1) is 35.5 Å². The van der Waals surface area contributed by atoms with Crippen LogP contribution < -0.4 is 0 Å². The summed E-state index contributed by atoms with van der Waals surface area (Å²) in [5, 5.41) is 9.56. The van der Waals surface area contributed by atoms with Gasteiger partial charge in [-0.3, -0.25) is 14.6 Å². The molecule has 1 aliphatic carbocycles. The molecule has 2 atom stereocenters. The molecule has 2 aliphatic rings. The summed E-state index contributed by atoms with van der Waals surface area (Å²) in [6.45, 7) is 5.05. The Labute approximate surface area is 228 Å². The highest BCUT2D eigenvalue weighted by Gasteiger charge is 2.62. The van der Waals surface area contributed by atoms with Crippen molar-refractivity contribution < 1.29 is 23.2 Å². The number of likely N-dealkylation sites (tertiary alicyclic amines) is 1. The van der Waals surface area contributed by atoms with E-state index in [2.05, 4.69) is 9.97 Å². The van der Waals surface area contributed by atoms with Gasteiger partial charge in [0.2, 0.25) is 5.91 Å². The van der Waals surface area contributed by atoms with Crippen LogP contribution in [0.15, 0.2) is 24.4 Å². The number of nitrogens with zero attached hydrogens (tertiary/aromatic N) is 5. The first-order valence-corrected chi connectivity index (χ1v) is 13.4. The van der Waals surface area contributed by atoms with E-state index >= 15 is 0 Å². The minimum Gasteiger partial charge on any atom is -0.340 e. The highest BCUT2D eigenvalue weighted by atomic mass is 32.1. The van der Waals surface area contributed by atoms with Crippen molar-refractivity contribution in [3.8, 4) is 17.3 Å². The molecule has 0 aromatic carbocycles. The van der Waals surface area contributed by atoms with Gasteiger partial charge in [-0.15, -0.1) is 11.3 Å². The third-order valence-electron chi connectivity index (χ3n) is 7.81. The Kier molecular flexibility index (Phi) is 6.50. The number of pyridine rings is 2. The molecule has 3 aromatic heterocycles. The van der Waals surface area contributed by atoms with Gasteiger partial charge in [0.15, 0.2) is 0 Å². The van der Waals surface area contributed by atoms with Gasteiger partial charge in [-0.25, -0.2) is 13.8 Å². The molecule has 2 amide bonds. The molecule has 0 bridgehead atoms. The molecule has 0 radical (unpaired) electrons. The van der Waals surface area contributed by atoms with E-state index in [0.717, 1.165) is 16.1 Å². The normalized spacial score (nSPS) is 21.0. The fraction of sp³-hybridized carbons (Fsp3) is 0.429. The van der Waals surface area contributed by atoms with Crippen LogP contribution in [0.1, 0.15) is 46.8 Å². The van der Waals surface area contributed by atoms with Crippen LogP contribution in [0.3, 0.4) is 0 Å². The van der Waals surface area contributed by atoms with Crippen LogP contribution in [0.25, 0.3) is 21.5 Å². The lowest BCUT2D eigenvalue weighted by Gasteiger charge is -2.20. The number of alkyl halides is 2. The van der Waals surface area contributed by atoms with Gasteiger partial charge in [-0.1, -0.05) is 13.8 Å². The summed E-state index contributed by atoms with van der Waals surface area (Å²) in [5.74, 6) is -4.24. The number of fused-ring (bicyclic) bond motifs is 1. The molecule has 0 spiro atoms. The molecule has 3 aromatic rings. The lowest BCUT2D eigenvalue weighted by molar-refractivity contribution is -0.133. The molecule has 2 fully saturated rings. The lowest BCUT2D eigenvalue weighted by Crippen LogP contribution is -2.32. The first-order valence-electron chi connectivity index (χ1n) is 12.5. The van der Waals surface area contributed by atoms with Crippen LogP contribution >= 0.6 is 11.3 Å². The predicted molar refractivity (Wildman–Crippen MR) is 141 cm³/mol. The molecule has 8 nitrogen and oxygen atoms in total. The summed E-state index contributed by atoms with van der Waals surface area (Å²) in [6, 6.07) is 7.04. The fourth-order valence-corrected chi connectivity index (χ4v) is 6.65. The van der Waals surface area contributed by atoms with E-state index in [-0.39, 0.29) is 46.7 Å². The zero-order chi connectivity index (χ0) is 28.3. The van der Waals surface area contributed by atoms with Crippen molar-refractivity contribution >= 4 is 39.7 Å². The number of carbonyl (C=O) groups is 3. The number of aromatic nitrogens is 2. The molecule has 11 heteroatoms. The summed E-state index contributed by atoms with van der Waals surface area (Å²) in [4.78, 5) is 50.3. The Balaban J connectivity index is 1.52. The molecule has 202 valence electrons. The Morgan fingerprint density at radius 3 is 2.69 bits per heavy atom. The lowest BCUT2D eigenvalue weighted by atomic mass is 9.99. The van der Waals surface area contributed by atoms with E-state index in [4.69, 9.17) is 0 Å². The molecule has 5 rings (SSSR count). The predicted octanol–water partition coefficient (Wildman–Crippen LogP) is 4.45. The SMILES string of the molecule is Cc1cc(C#N)nc(-c2ccnc3cc(CN(C)C(=O)C4C(C=O)C4(C)C)sc23)c1C(=O)N1CCC(F)(F)C1. The third-order valence-corrected chi connectivity index (χ3v) is 8.95. The van der Waals surface area contributed by atoms with Crippen molar-refractivity contribution in [1.29, 1.82) is 5.26 Å². The Hall–Kier alpha value is -3.78. The Morgan fingerprint density at radius 1 is 1.33 bits per heavy atom. The van der Waals surface area contributed by atoms with E-state index in [9.17, 15) is 28.4 Å². The van der Waals surface area contributed by atoms with Gasteiger partial charge in [-0.05, 0) is 36.1 Å². The zero-order valence-electron chi connectivity index (χ0n) is 22.0. The smallest absolute Gasteiger partial charge is 0.267 e. The highest BCUT2D eigenvalue weighted by molar-refractivity contribution is 7.19. The second-order valence-electron chi connectivity index (χ2n) is 10.9. The molecule has 1 saturated heterocycles. The average Bonchev–Trinajstić information content (AvgIpc) is 3.16. The highest BCUT2D eigenvalue weighted by Crippen LogP contribution is 2.57. The molecule has 0 N–H and O–H groups in total. The third kappa shape index (κ3) is 4.67. The van der Waals surface area contributed by atoms with E-state index in [1.54, 1.807) is 31.1 Å². The van der Waals surface area contributed by atoms with Crippen LogP contribution in [0.4, 0.5) is 8.78 Å². The van der Waals surface area contributed by atoms with E-state index in [0.29, 0.717) is 27.9 Å². The van der Waals surface area contributed by atoms with Crippen molar-refractivity contribution in [2.24, 2.45) is 17.3 Å². The van der Waals surface area contributed by atoms with Crippen molar-refractivity contribution in [3.63, 3.8) is 0 Å². The standard InChI is InChI=1S/C28H27F2N5O3S/c1-15-9-16(11-31)33-23(21(15)25(37)35-8-6-28(29,30)14-35)18-5-7-32-20-10-17(39-24(18)20)12-34(4)26(38)22-19(13-36)27(22,2)3/h5,7,9-10,13,19,22H,6,8,12,14H2,1-4H3. The minimum atomic E-state index is -2.94. The maximum absolute atomic E-state index is 13.9. The summed E-state index contributed by atoms with van der Waals surface area (Å²) >= 11 is 1.38. The Bertz CT molecular complexity index is 1560. The maximum Gasteiger partial charge on any atom is 0.267 e. The van der Waals surface area contributed by atoms with E-state index in [1.807, 2.05) is 26.0 Å². The van der Waals surface area contributed by atoms with Crippen molar-refractivity contribution in [2.75, 3.05) is 20.1 Å². The van der Waals surface area contributed by atoms with Crippen LogP contribution in [0.5, 0.6) is 0 Å². The molecule has 39 heavy (non-hydrogen) atoms. The first-order chi connectivity index (χ1) is 18.4. The molecule has 1 aliphatic heterocycles. The monoisotopic (exact) mass is 551 g/mol. The van der Waals surface area contributed by atoms with Crippen molar-refractivity contribution in [3.05, 3.63) is 46.1 Å². The average molecular weight is 552 g/mol. The van der Waals surface area contributed by atoms with Gasteiger partial charge in [0, 0.05) is 42.6 Å². The fourth-order valence-electron chi connectivity index (χ4n) is 5.47. The number of nitriles is 1. The molecular weight excluding hydrogens is 524 g/mol. The maximum atomic E-state index is 13.9. The zero-order valence-corrected chi connectivity index (χ0v) is 22.8. The number of carbonyl (C=O) groups excluding carboxylic acids is 3. The number of hydrogen-bond donors (Lipinski definition) is 0. The second kappa shape index (κ2) is 9.45. The Morgan fingerprint density at radius 2 is 2.08 bits per heavy atom. The number of hydrogen-bond acceptors (Lipinski definition) is 7. The van der Waals surface area contributed by atoms with Crippen molar-refractivity contribution in [2.45, 2.75) is 39.7 Å². The number of halogens is 2. The van der Waals surface area contributed by atoms with E-state index < -0.39 is 24.8 Å². The van der Waals surface area contributed by atoms with Gasteiger partial charge in [0.1, 0.15) is 18.0 Å². The van der Waals surface area contributed by atoms with Crippen molar-refractivity contribution in [1.82, 2.24) is 19.8 Å². The molecule has 4 heterocycles. The minimum absolute atomic E-state index is 0.0667. The van der Waals surface area contributed by atoms with Crippen LogP contribution in [-0.2, 0) is 16.1 Å². The van der Waals surface area contributed by atoms with Gasteiger partial charge >= 0.3 is 0 Å². The van der Waals surface area contributed by atoms with Crippen LogP contribution in [0.2, 0.25) is 0 Å². The first kappa shape index (κ1) is 26.8. The second-order valence-corrected chi connectivity index (χ2v) is 12.1. The number of thiophene rings is 1. The summed E-state index contributed by atoms with van der Waals surface area (Å²) in [6.07, 6.45) is 2.01. The van der Waals surface area contributed by atoms with Gasteiger partial charge in [-0.2, -0.15) is 5.26 Å². The molecule has 2 unspecified atom stereocenters. The molecular formula is C28H27F2N5O3S. The van der Waals surface area contributed by atoms with Gasteiger partial charge in [0.05, 0.1) is 40.5 Å². The van der Waals surface area contributed by atoms with Crippen LogP contribution in [-0.4, -0.2) is 63.9 Å². The van der Waals surface area contributed by atoms with Gasteiger partial charge < -0.3 is 14.6 Å². The number of amides is 2. The number of aldehydes is 1. The largest absolute Gasteiger partial charge is 0.340 e. The topological polar surface area (TPSA) is 107 Å². The molecule has 1 saturated carbocycles. The summed E-state index contributed by atoms with van der Waals surface area (Å²) in [7, 11) is 1.70.